The molecule has 0 radical (unpaired) electrons. The zero-order valence-electron chi connectivity index (χ0n) is 7.23. The number of carbonyl (C=O) groups is 1. The molecule has 3 N–H and O–H groups in total. The van der Waals surface area contributed by atoms with Crippen molar-refractivity contribution in [3.05, 3.63) is 22.7 Å². The molecule has 0 saturated heterocycles. The van der Waals surface area contributed by atoms with Gasteiger partial charge in [-0.3, -0.25) is 4.79 Å². The number of nitrogen functional groups attached to an aromatic ring is 1. The van der Waals surface area contributed by atoms with Crippen molar-refractivity contribution in [2.45, 2.75) is 6.18 Å². The van der Waals surface area contributed by atoms with Gasteiger partial charge in [0.05, 0.1) is 5.69 Å². The normalized spacial score (nSPS) is 11.2. The fourth-order valence-electron chi connectivity index (χ4n) is 0.826. The van der Waals surface area contributed by atoms with E-state index < -0.39 is 12.1 Å². The van der Waals surface area contributed by atoms with Crippen LogP contribution in [0.5, 0.6) is 0 Å². The van der Waals surface area contributed by atoms with Crippen molar-refractivity contribution < 1.29 is 18.0 Å². The number of hydrogen-bond donors (Lipinski definition) is 2. The molecule has 0 unspecified atom stereocenters. The fourth-order valence-corrected chi connectivity index (χ4v) is 1.32. The zero-order chi connectivity index (χ0) is 11.6. The fraction of sp³-hybridized carbons (Fsp3) is 0.125. The predicted octanol–water partition coefficient (Wildman–Crippen LogP) is 2.53. The number of carbonyl (C=O) groups excluding carboxylic acids is 1. The van der Waals surface area contributed by atoms with Crippen LogP contribution in [-0.2, 0) is 4.79 Å². The summed E-state index contributed by atoms with van der Waals surface area (Å²) < 4.78 is 36.0. The Morgan fingerprint density at radius 2 is 2.00 bits per heavy atom. The Balaban J connectivity index is 2.87. The highest BCUT2D eigenvalue weighted by Gasteiger charge is 2.38. The van der Waals surface area contributed by atoms with Gasteiger partial charge >= 0.3 is 12.1 Å². The SMILES string of the molecule is Nc1ccc(NC(=O)C(F)(F)F)c(Br)c1. The summed E-state index contributed by atoms with van der Waals surface area (Å²) in [6.07, 6.45) is -4.90. The van der Waals surface area contributed by atoms with E-state index in [1.54, 1.807) is 5.32 Å². The smallest absolute Gasteiger partial charge is 0.399 e. The summed E-state index contributed by atoms with van der Waals surface area (Å²) in [5.74, 6) is -2.02. The summed E-state index contributed by atoms with van der Waals surface area (Å²) in [4.78, 5) is 10.6. The number of alkyl halides is 3. The first-order valence-corrected chi connectivity index (χ1v) is 4.53. The number of anilines is 2. The molecule has 0 aliphatic rings. The summed E-state index contributed by atoms with van der Waals surface area (Å²) in [5.41, 5.74) is 5.78. The molecule has 15 heavy (non-hydrogen) atoms. The van der Waals surface area contributed by atoms with Crippen molar-refractivity contribution >= 4 is 33.2 Å². The van der Waals surface area contributed by atoms with Gasteiger partial charge in [0.2, 0.25) is 0 Å². The van der Waals surface area contributed by atoms with Gasteiger partial charge in [-0.25, -0.2) is 0 Å². The van der Waals surface area contributed by atoms with Gasteiger partial charge in [0.15, 0.2) is 0 Å². The molecule has 0 aromatic heterocycles. The van der Waals surface area contributed by atoms with Crippen LogP contribution in [0, 0.1) is 0 Å². The molecule has 0 saturated carbocycles. The first-order valence-electron chi connectivity index (χ1n) is 3.74. The minimum absolute atomic E-state index is 0.0199. The van der Waals surface area contributed by atoms with E-state index in [-0.39, 0.29) is 5.69 Å². The van der Waals surface area contributed by atoms with E-state index in [0.29, 0.717) is 10.2 Å². The summed E-state index contributed by atoms with van der Waals surface area (Å²) in [5, 5.41) is 1.71. The van der Waals surface area contributed by atoms with Crippen LogP contribution in [0.1, 0.15) is 0 Å². The van der Waals surface area contributed by atoms with Crippen LogP contribution in [-0.4, -0.2) is 12.1 Å². The van der Waals surface area contributed by atoms with Gasteiger partial charge < -0.3 is 11.1 Å². The van der Waals surface area contributed by atoms with E-state index in [2.05, 4.69) is 15.9 Å². The molecular weight excluding hydrogens is 277 g/mol. The van der Waals surface area contributed by atoms with Crippen LogP contribution in [0.25, 0.3) is 0 Å². The average Bonchev–Trinajstić information content (AvgIpc) is 2.08. The second-order valence-electron chi connectivity index (χ2n) is 2.69. The van der Waals surface area contributed by atoms with E-state index in [9.17, 15) is 18.0 Å². The summed E-state index contributed by atoms with van der Waals surface area (Å²) in [7, 11) is 0. The molecule has 0 fully saturated rings. The Hall–Kier alpha value is -1.24. The number of halogens is 4. The minimum Gasteiger partial charge on any atom is -0.399 e. The molecule has 0 bridgehead atoms. The molecular formula is C8H6BrF3N2O. The second kappa shape index (κ2) is 4.09. The third-order valence-electron chi connectivity index (χ3n) is 1.50. The Kier molecular flexibility index (Phi) is 3.23. The lowest BCUT2D eigenvalue weighted by atomic mass is 10.3. The number of nitrogens with two attached hydrogens (primary N) is 1. The second-order valence-corrected chi connectivity index (χ2v) is 3.55. The average molecular weight is 283 g/mol. The number of rotatable bonds is 1. The molecule has 0 aliphatic heterocycles. The van der Waals surface area contributed by atoms with Gasteiger partial charge in [-0.05, 0) is 34.1 Å². The molecule has 1 aromatic rings. The highest BCUT2D eigenvalue weighted by Crippen LogP contribution is 2.26. The monoisotopic (exact) mass is 282 g/mol. The van der Waals surface area contributed by atoms with Crippen molar-refractivity contribution in [2.75, 3.05) is 11.1 Å². The first-order chi connectivity index (χ1) is 6.80. The van der Waals surface area contributed by atoms with E-state index in [1.165, 1.54) is 18.2 Å². The molecule has 0 heterocycles. The van der Waals surface area contributed by atoms with Crippen molar-refractivity contribution in [3.8, 4) is 0 Å². The van der Waals surface area contributed by atoms with Crippen molar-refractivity contribution in [1.82, 2.24) is 0 Å². The largest absolute Gasteiger partial charge is 0.471 e. The zero-order valence-corrected chi connectivity index (χ0v) is 8.82. The van der Waals surface area contributed by atoms with Crippen LogP contribution in [0.3, 0.4) is 0 Å². The van der Waals surface area contributed by atoms with Gasteiger partial charge in [0.1, 0.15) is 0 Å². The molecule has 1 rings (SSSR count). The molecule has 1 amide bonds. The Morgan fingerprint density at radius 3 is 2.47 bits per heavy atom. The highest BCUT2D eigenvalue weighted by molar-refractivity contribution is 9.10. The number of hydrogen-bond acceptors (Lipinski definition) is 2. The topological polar surface area (TPSA) is 55.1 Å². The van der Waals surface area contributed by atoms with E-state index in [1.807, 2.05) is 0 Å². The summed E-state index contributed by atoms with van der Waals surface area (Å²) in [6.45, 7) is 0. The Morgan fingerprint density at radius 1 is 1.40 bits per heavy atom. The molecule has 0 spiro atoms. The molecule has 1 aromatic carbocycles. The summed E-state index contributed by atoms with van der Waals surface area (Å²) in [6, 6.07) is 4.06. The lowest BCUT2D eigenvalue weighted by Crippen LogP contribution is -2.30. The van der Waals surface area contributed by atoms with Gasteiger partial charge in [-0.2, -0.15) is 13.2 Å². The minimum atomic E-state index is -4.90. The van der Waals surface area contributed by atoms with Gasteiger partial charge in [-0.15, -0.1) is 0 Å². The van der Waals surface area contributed by atoms with Crippen LogP contribution >= 0.6 is 15.9 Å². The maximum Gasteiger partial charge on any atom is 0.471 e. The maximum absolute atomic E-state index is 11.9. The predicted molar refractivity (Wildman–Crippen MR) is 53.2 cm³/mol. The lowest BCUT2D eigenvalue weighted by molar-refractivity contribution is -0.167. The van der Waals surface area contributed by atoms with Crippen LogP contribution in [0.2, 0.25) is 0 Å². The Labute approximate surface area is 91.6 Å². The van der Waals surface area contributed by atoms with Gasteiger partial charge in [0.25, 0.3) is 0 Å². The number of benzene rings is 1. The van der Waals surface area contributed by atoms with E-state index >= 15 is 0 Å². The lowest BCUT2D eigenvalue weighted by Gasteiger charge is -2.09. The molecule has 82 valence electrons. The van der Waals surface area contributed by atoms with Crippen LogP contribution < -0.4 is 11.1 Å². The number of amides is 1. The van der Waals surface area contributed by atoms with Crippen molar-refractivity contribution in [1.29, 1.82) is 0 Å². The standard InChI is InChI=1S/C8H6BrF3N2O/c9-5-3-4(13)1-2-6(5)14-7(15)8(10,11)12/h1-3H,13H2,(H,14,15). The van der Waals surface area contributed by atoms with E-state index in [4.69, 9.17) is 5.73 Å². The maximum atomic E-state index is 11.9. The third-order valence-corrected chi connectivity index (χ3v) is 2.15. The van der Waals surface area contributed by atoms with Gasteiger partial charge in [0, 0.05) is 10.2 Å². The summed E-state index contributed by atoms with van der Waals surface area (Å²) >= 11 is 2.98. The van der Waals surface area contributed by atoms with Crippen molar-refractivity contribution in [2.24, 2.45) is 0 Å². The first kappa shape index (κ1) is 11.8. The molecule has 0 atom stereocenters. The van der Waals surface area contributed by atoms with Crippen molar-refractivity contribution in [3.63, 3.8) is 0 Å². The highest BCUT2D eigenvalue weighted by atomic mass is 79.9. The van der Waals surface area contributed by atoms with E-state index in [0.717, 1.165) is 0 Å². The molecule has 3 nitrogen and oxygen atoms in total. The quantitative estimate of drug-likeness (QED) is 0.778. The third kappa shape index (κ3) is 3.12. The molecule has 0 aliphatic carbocycles. The number of nitrogens with one attached hydrogen (secondary N) is 1. The molecule has 7 heteroatoms. The van der Waals surface area contributed by atoms with Gasteiger partial charge in [-0.1, -0.05) is 0 Å². The Bertz CT molecular complexity index is 392. The van der Waals surface area contributed by atoms with Crippen LogP contribution in [0.15, 0.2) is 22.7 Å². The van der Waals surface area contributed by atoms with Crippen LogP contribution in [0.4, 0.5) is 24.5 Å².